The lowest BCUT2D eigenvalue weighted by Crippen LogP contribution is -2.45. The number of aromatic nitrogens is 2. The maximum atomic E-state index is 8.73. The van der Waals surface area contributed by atoms with Gasteiger partial charge < -0.3 is 0 Å². The van der Waals surface area contributed by atoms with Crippen LogP contribution in [0.15, 0.2) is 12.3 Å². The van der Waals surface area contributed by atoms with Crippen molar-refractivity contribution in [3.05, 3.63) is 18.0 Å². The zero-order chi connectivity index (χ0) is 14.5. The van der Waals surface area contributed by atoms with Crippen molar-refractivity contribution in [2.45, 2.75) is 44.7 Å². The van der Waals surface area contributed by atoms with Crippen molar-refractivity contribution >= 4 is 0 Å². The first-order chi connectivity index (χ1) is 10.3. The lowest BCUT2D eigenvalue weighted by atomic mass is 9.96. The van der Waals surface area contributed by atoms with Gasteiger partial charge in [0.1, 0.15) is 0 Å². The number of nitrogens with zero attached hydrogens (tertiary/aromatic N) is 5. The fourth-order valence-electron chi connectivity index (χ4n) is 3.45. The molecule has 2 heterocycles. The van der Waals surface area contributed by atoms with Crippen LogP contribution in [-0.2, 0) is 6.54 Å². The topological polar surface area (TPSA) is 48.1 Å². The van der Waals surface area contributed by atoms with Gasteiger partial charge in [-0.05, 0) is 18.9 Å². The molecule has 0 spiro atoms. The van der Waals surface area contributed by atoms with Gasteiger partial charge in [-0.3, -0.25) is 14.5 Å². The van der Waals surface area contributed by atoms with Crippen molar-refractivity contribution in [2.24, 2.45) is 0 Å². The summed E-state index contributed by atoms with van der Waals surface area (Å²) in [5.41, 5.74) is 1.19. The molecule has 0 atom stereocenters. The highest BCUT2D eigenvalue weighted by Crippen LogP contribution is 2.27. The van der Waals surface area contributed by atoms with E-state index < -0.39 is 0 Å². The molecule has 0 amide bonds. The van der Waals surface area contributed by atoms with Gasteiger partial charge >= 0.3 is 0 Å². The molecule has 1 aliphatic heterocycles. The second-order valence-electron chi connectivity index (χ2n) is 6.29. The molecule has 0 N–H and O–H groups in total. The Balaban J connectivity index is 1.50. The minimum atomic E-state index is 0.560. The Hall–Kier alpha value is -1.38. The Morgan fingerprint density at radius 1 is 1.10 bits per heavy atom. The highest BCUT2D eigenvalue weighted by molar-refractivity contribution is 5.00. The maximum absolute atomic E-state index is 8.73. The molecule has 1 saturated carbocycles. The molecule has 0 radical (unpaired) electrons. The Kier molecular flexibility index (Phi) is 4.89. The van der Waals surface area contributed by atoms with Crippen LogP contribution in [0.3, 0.4) is 0 Å². The van der Waals surface area contributed by atoms with Crippen LogP contribution >= 0.6 is 0 Å². The smallest absolute Gasteiger partial charge is 0.0866 e. The first-order valence-electron chi connectivity index (χ1n) is 8.21. The molecular weight excluding hydrogens is 262 g/mol. The van der Waals surface area contributed by atoms with Crippen molar-refractivity contribution in [1.29, 1.82) is 5.26 Å². The van der Waals surface area contributed by atoms with Crippen LogP contribution < -0.4 is 0 Å². The summed E-state index contributed by atoms with van der Waals surface area (Å²) in [5, 5.41) is 13.5. The molecule has 114 valence electrons. The summed E-state index contributed by atoms with van der Waals surface area (Å²) in [4.78, 5) is 4.67. The van der Waals surface area contributed by atoms with Crippen LogP contribution in [-0.4, -0.2) is 52.3 Å². The van der Waals surface area contributed by atoms with Crippen LogP contribution in [0.5, 0.6) is 0 Å². The van der Waals surface area contributed by atoms with E-state index in [0.29, 0.717) is 12.6 Å². The van der Waals surface area contributed by atoms with E-state index in [1.807, 2.05) is 0 Å². The average Bonchev–Trinajstić information content (AvgIpc) is 2.99. The van der Waals surface area contributed by atoms with Crippen molar-refractivity contribution in [2.75, 3.05) is 32.7 Å². The summed E-state index contributed by atoms with van der Waals surface area (Å²) in [7, 11) is 0. The molecule has 2 fully saturated rings. The van der Waals surface area contributed by atoms with E-state index in [1.54, 1.807) is 0 Å². The van der Waals surface area contributed by atoms with Crippen molar-refractivity contribution in [3.63, 3.8) is 0 Å². The van der Waals surface area contributed by atoms with Gasteiger partial charge in [-0.2, -0.15) is 10.4 Å². The largest absolute Gasteiger partial charge is 0.295 e. The van der Waals surface area contributed by atoms with Crippen molar-refractivity contribution < 1.29 is 0 Å². The summed E-state index contributed by atoms with van der Waals surface area (Å²) in [5.74, 6) is 0. The Morgan fingerprint density at radius 3 is 2.52 bits per heavy atom. The molecule has 1 aromatic heterocycles. The Labute approximate surface area is 127 Å². The average molecular weight is 287 g/mol. The first kappa shape index (κ1) is 14.6. The van der Waals surface area contributed by atoms with E-state index in [-0.39, 0.29) is 0 Å². The molecule has 0 bridgehead atoms. The third-order valence-electron chi connectivity index (χ3n) is 4.76. The van der Waals surface area contributed by atoms with Crippen LogP contribution in [0.1, 0.15) is 43.8 Å². The molecule has 3 rings (SSSR count). The molecule has 0 aromatic carbocycles. The summed E-state index contributed by atoms with van der Waals surface area (Å²) >= 11 is 0. The lowest BCUT2D eigenvalue weighted by molar-refractivity contribution is 0.136. The van der Waals surface area contributed by atoms with Gasteiger partial charge in [0.2, 0.25) is 0 Å². The first-order valence-corrected chi connectivity index (χ1v) is 8.21. The second-order valence-corrected chi connectivity index (χ2v) is 6.29. The predicted molar refractivity (Wildman–Crippen MR) is 81.7 cm³/mol. The minimum Gasteiger partial charge on any atom is -0.295 e. The third kappa shape index (κ3) is 3.84. The minimum absolute atomic E-state index is 0.560. The van der Waals surface area contributed by atoms with Gasteiger partial charge in [-0.1, -0.05) is 19.3 Å². The highest BCUT2D eigenvalue weighted by Gasteiger charge is 2.19. The van der Waals surface area contributed by atoms with E-state index >= 15 is 0 Å². The normalized spacial score (nSPS) is 22.2. The molecule has 21 heavy (non-hydrogen) atoms. The lowest BCUT2D eigenvalue weighted by Gasteiger charge is -2.32. The SMILES string of the molecule is N#CCN1CCN(Cc2ccn(C3CCCCC3)n2)CC1. The van der Waals surface area contributed by atoms with Crippen LogP contribution in [0.2, 0.25) is 0 Å². The monoisotopic (exact) mass is 287 g/mol. The highest BCUT2D eigenvalue weighted by atomic mass is 15.3. The summed E-state index contributed by atoms with van der Waals surface area (Å²) < 4.78 is 2.19. The van der Waals surface area contributed by atoms with Crippen molar-refractivity contribution in [1.82, 2.24) is 19.6 Å². The molecular formula is C16H25N5. The van der Waals surface area contributed by atoms with Gasteiger partial charge in [-0.15, -0.1) is 0 Å². The molecule has 2 aliphatic rings. The number of hydrogen-bond acceptors (Lipinski definition) is 4. The number of nitriles is 1. The van der Waals surface area contributed by atoms with E-state index in [1.165, 1.54) is 37.8 Å². The predicted octanol–water partition coefficient (Wildman–Crippen LogP) is 2.03. The summed E-state index contributed by atoms with van der Waals surface area (Å²) in [6.45, 7) is 5.58. The standard InChI is InChI=1S/C16H25N5/c17-7-9-19-10-12-20(13-11-19)14-15-6-8-21(18-15)16-4-2-1-3-5-16/h6,8,16H,1-5,9-14H2. The molecule has 0 unspecified atom stereocenters. The second kappa shape index (κ2) is 7.06. The quantitative estimate of drug-likeness (QED) is 0.795. The zero-order valence-corrected chi connectivity index (χ0v) is 12.7. The molecule has 1 aromatic rings. The van der Waals surface area contributed by atoms with Crippen LogP contribution in [0.25, 0.3) is 0 Å². The zero-order valence-electron chi connectivity index (χ0n) is 12.7. The van der Waals surface area contributed by atoms with Crippen molar-refractivity contribution in [3.8, 4) is 6.07 Å². The van der Waals surface area contributed by atoms with Crippen LogP contribution in [0, 0.1) is 11.3 Å². The fraction of sp³-hybridized carbons (Fsp3) is 0.750. The van der Waals surface area contributed by atoms with E-state index in [4.69, 9.17) is 10.4 Å². The molecule has 1 aliphatic carbocycles. The van der Waals surface area contributed by atoms with E-state index in [2.05, 4.69) is 32.8 Å². The molecule has 5 nitrogen and oxygen atoms in total. The van der Waals surface area contributed by atoms with E-state index in [9.17, 15) is 0 Å². The fourth-order valence-corrected chi connectivity index (χ4v) is 3.45. The number of rotatable bonds is 4. The van der Waals surface area contributed by atoms with Gasteiger partial charge in [0, 0.05) is 38.9 Å². The molecule has 1 saturated heterocycles. The number of piperazine rings is 1. The van der Waals surface area contributed by atoms with E-state index in [0.717, 1.165) is 32.7 Å². The molecule has 5 heteroatoms. The number of hydrogen-bond donors (Lipinski definition) is 0. The maximum Gasteiger partial charge on any atom is 0.0866 e. The van der Waals surface area contributed by atoms with Gasteiger partial charge in [0.25, 0.3) is 0 Å². The Morgan fingerprint density at radius 2 is 1.81 bits per heavy atom. The van der Waals surface area contributed by atoms with Crippen LogP contribution in [0.4, 0.5) is 0 Å². The summed E-state index contributed by atoms with van der Waals surface area (Å²) in [6.07, 6.45) is 8.82. The third-order valence-corrected chi connectivity index (χ3v) is 4.76. The van der Waals surface area contributed by atoms with Gasteiger partial charge in [0.15, 0.2) is 0 Å². The Bertz CT molecular complexity index is 475. The summed E-state index contributed by atoms with van der Waals surface area (Å²) in [6, 6.07) is 5.04. The van der Waals surface area contributed by atoms with Gasteiger partial charge in [-0.25, -0.2) is 0 Å². The van der Waals surface area contributed by atoms with Gasteiger partial charge in [0.05, 0.1) is 24.3 Å².